The highest BCUT2D eigenvalue weighted by Crippen LogP contribution is 2.20. The summed E-state index contributed by atoms with van der Waals surface area (Å²) < 4.78 is 18.6. The monoisotopic (exact) mass is 273 g/mol. The van der Waals surface area contributed by atoms with Crippen molar-refractivity contribution < 1.29 is 9.13 Å². The van der Waals surface area contributed by atoms with Crippen molar-refractivity contribution >= 4 is 0 Å². The first-order chi connectivity index (χ1) is 9.69. The molecule has 2 rings (SSSR count). The fourth-order valence-electron chi connectivity index (χ4n) is 2.05. The number of hydrogen-bond donors (Lipinski definition) is 1. The Bertz CT molecular complexity index is 539. The molecule has 0 heterocycles. The highest BCUT2D eigenvalue weighted by molar-refractivity contribution is 5.30. The average Bonchev–Trinajstić information content (AvgIpc) is 2.47. The Morgan fingerprint density at radius 3 is 2.60 bits per heavy atom. The Labute approximate surface area is 119 Å². The van der Waals surface area contributed by atoms with Gasteiger partial charge in [-0.1, -0.05) is 31.2 Å². The predicted octanol–water partition coefficient (Wildman–Crippen LogP) is 4.08. The first-order valence-electron chi connectivity index (χ1n) is 6.89. The van der Waals surface area contributed by atoms with Gasteiger partial charge in [0.15, 0.2) is 0 Å². The summed E-state index contributed by atoms with van der Waals surface area (Å²) in [5.41, 5.74) is 2.15. The summed E-state index contributed by atoms with van der Waals surface area (Å²) in [6.45, 7) is 5.59. The maximum absolute atomic E-state index is 12.8. The molecular weight excluding hydrogens is 253 g/mol. The van der Waals surface area contributed by atoms with Crippen molar-refractivity contribution in [2.75, 3.05) is 6.54 Å². The molecule has 0 aromatic heterocycles. The van der Waals surface area contributed by atoms with E-state index >= 15 is 0 Å². The molecule has 0 aliphatic heterocycles. The Morgan fingerprint density at radius 2 is 1.90 bits per heavy atom. The summed E-state index contributed by atoms with van der Waals surface area (Å²) in [7, 11) is 0. The van der Waals surface area contributed by atoms with Crippen LogP contribution in [0, 0.1) is 5.82 Å². The lowest BCUT2D eigenvalue weighted by molar-refractivity contribution is 0.305. The molecular formula is C17H20FNO. The zero-order chi connectivity index (χ0) is 14.4. The van der Waals surface area contributed by atoms with Gasteiger partial charge < -0.3 is 10.1 Å². The van der Waals surface area contributed by atoms with E-state index in [1.165, 1.54) is 17.7 Å². The third-order valence-electron chi connectivity index (χ3n) is 3.19. The molecule has 0 fully saturated rings. The van der Waals surface area contributed by atoms with Crippen molar-refractivity contribution in [2.24, 2.45) is 0 Å². The van der Waals surface area contributed by atoms with Crippen molar-refractivity contribution in [3.63, 3.8) is 0 Å². The van der Waals surface area contributed by atoms with Gasteiger partial charge in [-0.15, -0.1) is 0 Å². The Balaban J connectivity index is 1.99. The van der Waals surface area contributed by atoms with Crippen LogP contribution < -0.4 is 10.1 Å². The van der Waals surface area contributed by atoms with Gasteiger partial charge in [0.25, 0.3) is 0 Å². The number of halogens is 1. The second kappa shape index (κ2) is 7.06. The van der Waals surface area contributed by atoms with Gasteiger partial charge in [-0.3, -0.25) is 0 Å². The molecule has 0 saturated heterocycles. The van der Waals surface area contributed by atoms with Crippen LogP contribution in [0.5, 0.6) is 5.75 Å². The molecule has 2 aromatic rings. The third kappa shape index (κ3) is 4.07. The van der Waals surface area contributed by atoms with Gasteiger partial charge >= 0.3 is 0 Å². The summed E-state index contributed by atoms with van der Waals surface area (Å²) in [5.74, 6) is 0.604. The van der Waals surface area contributed by atoms with Crippen LogP contribution in [0.1, 0.15) is 31.0 Å². The average molecular weight is 273 g/mol. The van der Waals surface area contributed by atoms with Crippen LogP contribution in [-0.2, 0) is 6.61 Å². The van der Waals surface area contributed by atoms with Crippen LogP contribution in [0.3, 0.4) is 0 Å². The quantitative estimate of drug-likeness (QED) is 0.856. The summed E-state index contributed by atoms with van der Waals surface area (Å²) >= 11 is 0. The highest BCUT2D eigenvalue weighted by atomic mass is 19.1. The summed E-state index contributed by atoms with van der Waals surface area (Å²) in [6, 6.07) is 14.7. The molecule has 0 saturated carbocycles. The molecule has 0 bridgehead atoms. The van der Waals surface area contributed by atoms with Crippen LogP contribution in [0.2, 0.25) is 0 Å². The van der Waals surface area contributed by atoms with E-state index in [1.54, 1.807) is 12.1 Å². The standard InChI is InChI=1S/C17H20FNO/c1-3-19-13(2)15-5-4-6-17(11-15)20-12-14-7-9-16(18)10-8-14/h4-11,13,19H,3,12H2,1-2H3. The molecule has 0 amide bonds. The summed E-state index contributed by atoms with van der Waals surface area (Å²) in [6.07, 6.45) is 0. The van der Waals surface area contributed by atoms with E-state index in [9.17, 15) is 4.39 Å². The molecule has 20 heavy (non-hydrogen) atoms. The van der Waals surface area contributed by atoms with Gasteiger partial charge in [0.1, 0.15) is 18.2 Å². The van der Waals surface area contributed by atoms with E-state index in [2.05, 4.69) is 25.2 Å². The molecule has 0 radical (unpaired) electrons. The predicted molar refractivity (Wildman–Crippen MR) is 79.3 cm³/mol. The molecule has 1 N–H and O–H groups in total. The summed E-state index contributed by atoms with van der Waals surface area (Å²) in [5, 5.41) is 3.37. The number of nitrogens with one attached hydrogen (secondary N) is 1. The minimum absolute atomic E-state index is 0.227. The van der Waals surface area contributed by atoms with Crippen LogP contribution >= 0.6 is 0 Å². The van der Waals surface area contributed by atoms with Gasteiger partial charge in [0.2, 0.25) is 0 Å². The maximum Gasteiger partial charge on any atom is 0.123 e. The van der Waals surface area contributed by atoms with Crippen molar-refractivity contribution in [2.45, 2.75) is 26.5 Å². The number of benzene rings is 2. The van der Waals surface area contributed by atoms with E-state index < -0.39 is 0 Å². The molecule has 2 nitrogen and oxygen atoms in total. The van der Waals surface area contributed by atoms with Crippen LogP contribution in [0.15, 0.2) is 48.5 Å². The molecule has 2 aromatic carbocycles. The first-order valence-corrected chi connectivity index (χ1v) is 6.89. The summed E-state index contributed by atoms with van der Waals surface area (Å²) in [4.78, 5) is 0. The largest absolute Gasteiger partial charge is 0.489 e. The number of rotatable bonds is 6. The fourth-order valence-corrected chi connectivity index (χ4v) is 2.05. The van der Waals surface area contributed by atoms with Crippen molar-refractivity contribution in [1.29, 1.82) is 0 Å². The van der Waals surface area contributed by atoms with Gasteiger partial charge in [-0.05, 0) is 48.9 Å². The zero-order valence-electron chi connectivity index (χ0n) is 11.9. The highest BCUT2D eigenvalue weighted by Gasteiger charge is 2.05. The van der Waals surface area contributed by atoms with Crippen LogP contribution in [-0.4, -0.2) is 6.54 Å². The third-order valence-corrected chi connectivity index (χ3v) is 3.19. The molecule has 0 aliphatic rings. The molecule has 0 aliphatic carbocycles. The second-order valence-corrected chi connectivity index (χ2v) is 4.77. The van der Waals surface area contributed by atoms with Crippen LogP contribution in [0.25, 0.3) is 0 Å². The second-order valence-electron chi connectivity index (χ2n) is 4.77. The lowest BCUT2D eigenvalue weighted by Crippen LogP contribution is -2.17. The molecule has 1 unspecified atom stereocenters. The number of ether oxygens (including phenoxy) is 1. The Morgan fingerprint density at radius 1 is 1.15 bits per heavy atom. The SMILES string of the molecule is CCNC(C)c1cccc(OCc2ccc(F)cc2)c1. The van der Waals surface area contributed by atoms with Gasteiger partial charge in [-0.25, -0.2) is 4.39 Å². The zero-order valence-corrected chi connectivity index (χ0v) is 11.9. The maximum atomic E-state index is 12.8. The van der Waals surface area contributed by atoms with Gasteiger partial charge in [-0.2, -0.15) is 0 Å². The lowest BCUT2D eigenvalue weighted by atomic mass is 10.1. The minimum atomic E-state index is -0.227. The van der Waals surface area contributed by atoms with E-state index in [1.807, 2.05) is 18.2 Å². The Hall–Kier alpha value is -1.87. The minimum Gasteiger partial charge on any atom is -0.489 e. The Kier molecular flexibility index (Phi) is 5.13. The molecule has 0 spiro atoms. The van der Waals surface area contributed by atoms with Crippen LogP contribution in [0.4, 0.5) is 4.39 Å². The molecule has 106 valence electrons. The molecule has 1 atom stereocenters. The smallest absolute Gasteiger partial charge is 0.123 e. The first kappa shape index (κ1) is 14.5. The van der Waals surface area contributed by atoms with Gasteiger partial charge in [0, 0.05) is 6.04 Å². The fraction of sp³-hybridized carbons (Fsp3) is 0.294. The lowest BCUT2D eigenvalue weighted by Gasteiger charge is -2.14. The van der Waals surface area contributed by atoms with Crippen molar-refractivity contribution in [3.05, 3.63) is 65.5 Å². The normalized spacial score (nSPS) is 12.2. The van der Waals surface area contributed by atoms with E-state index in [0.29, 0.717) is 12.6 Å². The molecule has 3 heteroatoms. The topological polar surface area (TPSA) is 21.3 Å². The van der Waals surface area contributed by atoms with E-state index in [0.717, 1.165) is 17.9 Å². The van der Waals surface area contributed by atoms with Gasteiger partial charge in [0.05, 0.1) is 0 Å². The van der Waals surface area contributed by atoms with Crippen molar-refractivity contribution in [3.8, 4) is 5.75 Å². The van der Waals surface area contributed by atoms with E-state index in [4.69, 9.17) is 4.74 Å². The van der Waals surface area contributed by atoms with Crippen molar-refractivity contribution in [1.82, 2.24) is 5.32 Å². The van der Waals surface area contributed by atoms with E-state index in [-0.39, 0.29) is 5.82 Å². The number of hydrogen-bond acceptors (Lipinski definition) is 2.